The van der Waals surface area contributed by atoms with Crippen molar-refractivity contribution in [1.82, 2.24) is 19.7 Å². The van der Waals surface area contributed by atoms with Gasteiger partial charge in [-0.25, -0.2) is 18.4 Å². The number of nitrogens with one attached hydrogen (secondary N) is 1. The monoisotopic (exact) mass is 812 g/mol. The average molecular weight is 814 g/mol. The summed E-state index contributed by atoms with van der Waals surface area (Å²) in [6.07, 6.45) is 6.84. The van der Waals surface area contributed by atoms with E-state index in [1.165, 1.54) is 24.3 Å². The van der Waals surface area contributed by atoms with E-state index in [0.717, 1.165) is 60.7 Å². The number of thioether (sulfide) groups is 1. The zero-order valence-electron chi connectivity index (χ0n) is 31.6. The number of carbonyl (C=O) groups excluding carboxylic acids is 1. The second-order valence-electron chi connectivity index (χ2n) is 14.5. The normalized spacial score (nSPS) is 13.3. The van der Waals surface area contributed by atoms with Crippen LogP contribution in [0.3, 0.4) is 0 Å². The highest BCUT2D eigenvalue weighted by atomic mass is 79.9. The Morgan fingerprint density at radius 2 is 1.83 bits per heavy atom. The Kier molecular flexibility index (Phi) is 15.2. The van der Waals surface area contributed by atoms with Gasteiger partial charge in [0, 0.05) is 56.1 Å². The number of aromatic amines is 1. The summed E-state index contributed by atoms with van der Waals surface area (Å²) in [6.45, 7) is 8.73. The summed E-state index contributed by atoms with van der Waals surface area (Å²) < 4.78 is 42.9. The Balaban J connectivity index is 0.00000202. The third-order valence-corrected chi connectivity index (χ3v) is 11.5. The van der Waals surface area contributed by atoms with Gasteiger partial charge in [-0.3, -0.25) is 0 Å². The van der Waals surface area contributed by atoms with Crippen LogP contribution in [0.5, 0.6) is 11.5 Å². The van der Waals surface area contributed by atoms with Gasteiger partial charge in [-0.2, -0.15) is 16.9 Å². The van der Waals surface area contributed by atoms with E-state index in [-0.39, 0.29) is 35.0 Å². The van der Waals surface area contributed by atoms with Gasteiger partial charge >= 0.3 is 0 Å². The number of carbonyl (C=O) groups is 1. The van der Waals surface area contributed by atoms with Crippen molar-refractivity contribution in [2.75, 3.05) is 32.3 Å². The van der Waals surface area contributed by atoms with Gasteiger partial charge in [-0.05, 0) is 95.1 Å². The van der Waals surface area contributed by atoms with Gasteiger partial charge in [-0.15, -0.1) is 0 Å². The minimum Gasteiger partial charge on any atom is -0.453 e. The lowest BCUT2D eigenvalue weighted by Crippen LogP contribution is -2.27. The molecule has 53 heavy (non-hydrogen) atoms. The molecule has 0 saturated carbocycles. The molecule has 5 rings (SSSR count). The van der Waals surface area contributed by atoms with Crippen molar-refractivity contribution in [2.24, 2.45) is 18.4 Å². The van der Waals surface area contributed by atoms with Gasteiger partial charge < -0.3 is 24.4 Å². The second kappa shape index (κ2) is 19.1. The van der Waals surface area contributed by atoms with Gasteiger partial charge in [-0.1, -0.05) is 51.5 Å². The van der Waals surface area contributed by atoms with Crippen molar-refractivity contribution in [3.8, 4) is 22.9 Å². The zero-order valence-corrected chi connectivity index (χ0v) is 34.0. The summed E-state index contributed by atoms with van der Waals surface area (Å²) in [4.78, 5) is 19.3. The number of aromatic nitrogens is 4. The minimum atomic E-state index is -0.610. The van der Waals surface area contributed by atoms with E-state index in [1.807, 2.05) is 19.1 Å². The molecule has 0 saturated heterocycles. The fourth-order valence-electron chi connectivity index (χ4n) is 6.24. The second-order valence-corrected chi connectivity index (χ2v) is 16.4. The smallest absolute Gasteiger partial charge is 0.177 e. The zero-order chi connectivity index (χ0) is 38.8. The predicted octanol–water partition coefficient (Wildman–Crippen LogP) is 10.1. The Morgan fingerprint density at radius 3 is 2.55 bits per heavy atom. The van der Waals surface area contributed by atoms with Gasteiger partial charge in [0.05, 0.1) is 22.1 Å². The van der Waals surface area contributed by atoms with Crippen LogP contribution in [0.2, 0.25) is 0 Å². The number of hydrogen-bond acceptors (Lipinski definition) is 7. The molecule has 2 unspecified atom stereocenters. The highest BCUT2D eigenvalue weighted by Gasteiger charge is 2.35. The molecule has 0 aliphatic rings. The molecule has 0 spiro atoms. The van der Waals surface area contributed by atoms with Gasteiger partial charge in [0.15, 0.2) is 23.2 Å². The number of ether oxygens (including phenoxy) is 2. The molecule has 0 bridgehead atoms. The molecule has 2 aromatic heterocycles. The summed E-state index contributed by atoms with van der Waals surface area (Å²) >= 11 is 5.22. The van der Waals surface area contributed by atoms with Crippen LogP contribution in [0.1, 0.15) is 70.3 Å². The molecule has 2 N–H and O–H groups in total. The quantitative estimate of drug-likeness (QED) is 0.0712. The number of halogens is 3. The van der Waals surface area contributed by atoms with Crippen LogP contribution in [0, 0.1) is 23.0 Å². The molecule has 8 nitrogen and oxygen atoms in total. The number of aliphatic hydroxyl groups is 1. The molecule has 0 aliphatic heterocycles. The number of aryl methyl sites for hydroxylation is 2. The molecule has 2 heterocycles. The lowest BCUT2D eigenvalue weighted by atomic mass is 9.75. The fraction of sp³-hybridized carbons (Fsp3) is 0.439. The first-order chi connectivity index (χ1) is 25.3. The number of aliphatic hydroxyl groups excluding tert-OH is 1. The lowest BCUT2D eigenvalue weighted by Gasteiger charge is -2.30. The first kappa shape index (κ1) is 42.2. The van der Waals surface area contributed by atoms with Crippen LogP contribution >= 0.6 is 27.7 Å². The first-order valence-corrected chi connectivity index (χ1v) is 19.7. The van der Waals surface area contributed by atoms with Crippen molar-refractivity contribution >= 4 is 44.9 Å². The van der Waals surface area contributed by atoms with Gasteiger partial charge in [0.1, 0.15) is 17.9 Å². The van der Waals surface area contributed by atoms with Crippen LogP contribution in [-0.2, 0) is 28.4 Å². The summed E-state index contributed by atoms with van der Waals surface area (Å²) in [5.74, 6) is 1.71. The molecule has 0 radical (unpaired) electrons. The highest BCUT2D eigenvalue weighted by molar-refractivity contribution is 9.10. The number of benzene rings is 3. The van der Waals surface area contributed by atoms with Crippen molar-refractivity contribution in [2.45, 2.75) is 65.2 Å². The molecule has 2 atom stereocenters. The molecule has 0 fully saturated rings. The summed E-state index contributed by atoms with van der Waals surface area (Å²) in [5, 5.41) is 14.9. The summed E-state index contributed by atoms with van der Waals surface area (Å²) in [6, 6.07) is 15.8. The third kappa shape index (κ3) is 10.8. The Labute approximate surface area is 324 Å². The average Bonchev–Trinajstić information content (AvgIpc) is 3.77. The fourth-order valence-corrected chi connectivity index (χ4v) is 7.83. The lowest BCUT2D eigenvalue weighted by molar-refractivity contribution is -0.110. The molecule has 12 heteroatoms. The maximum Gasteiger partial charge on any atom is 0.177 e. The molecule has 3 aromatic carbocycles. The van der Waals surface area contributed by atoms with E-state index >= 15 is 8.78 Å². The van der Waals surface area contributed by atoms with E-state index in [2.05, 4.69) is 64.6 Å². The third-order valence-electron chi connectivity index (χ3n) is 9.30. The molecule has 0 aliphatic carbocycles. The van der Waals surface area contributed by atoms with Crippen molar-refractivity contribution in [3.63, 3.8) is 0 Å². The number of aldehydes is 1. The number of nitrogens with zero attached hydrogens (tertiary/aromatic N) is 3. The summed E-state index contributed by atoms with van der Waals surface area (Å²) in [5.41, 5.74) is 2.45. The number of methoxy groups -OCH3 is 1. The number of rotatable bonds is 17. The van der Waals surface area contributed by atoms with Crippen LogP contribution in [0.4, 0.5) is 8.78 Å². The molecule has 5 aromatic rings. The number of fused-ring (bicyclic) bond motifs is 1. The maximum atomic E-state index is 15.6. The Morgan fingerprint density at radius 1 is 1.08 bits per heavy atom. The van der Waals surface area contributed by atoms with Crippen molar-refractivity contribution in [3.05, 3.63) is 93.9 Å². The first-order valence-electron chi connectivity index (χ1n) is 17.7. The van der Waals surface area contributed by atoms with Gasteiger partial charge in [0.2, 0.25) is 0 Å². The van der Waals surface area contributed by atoms with Crippen LogP contribution in [0.25, 0.3) is 22.3 Å². The largest absolute Gasteiger partial charge is 0.453 e. The summed E-state index contributed by atoms with van der Waals surface area (Å²) in [7, 11) is 4.99. The van der Waals surface area contributed by atoms with Crippen LogP contribution in [0.15, 0.2) is 65.3 Å². The predicted molar refractivity (Wildman–Crippen MR) is 214 cm³/mol. The number of hydrogen-bond donors (Lipinski definition) is 2. The van der Waals surface area contributed by atoms with E-state index in [9.17, 15) is 9.90 Å². The van der Waals surface area contributed by atoms with Crippen LogP contribution in [-0.4, -0.2) is 63.5 Å². The van der Waals surface area contributed by atoms with E-state index in [4.69, 9.17) is 14.8 Å². The van der Waals surface area contributed by atoms with Gasteiger partial charge in [0.25, 0.3) is 0 Å². The van der Waals surface area contributed by atoms with E-state index in [1.54, 1.807) is 43.9 Å². The molecular weight excluding hydrogens is 762 g/mol. The number of H-pyrrole nitrogens is 1. The Bertz CT molecular complexity index is 1970. The minimum absolute atomic E-state index is 0.000917. The molecule has 286 valence electrons. The SMILES string of the molecule is CC(C=O)CCc1cccc(C(C)(CCCC(C)(C)CSCCO)c2nc(-c3cc(Oc4c(F)cc5[nH]ccc5c4Br)ccc3F)n(C)n2)c1.COC. The van der Waals surface area contributed by atoms with E-state index in [0.29, 0.717) is 27.4 Å². The standard InChI is InChI=1S/C39H45BrF2N4O3S.C2H6O/c1-25(23-48)10-11-26-8-6-9-27(20-26)39(4,16-7-15-38(2,3)24-50-19-18-47)37-44-36(46(5)45-37)30-21-28(12-13-31(30)41)49-35-32(42)22-33-29(34(35)40)14-17-43-33;1-3-2/h6,8-9,12-14,17,20-23,25,43,47H,7,10-11,15-16,18-19,24H2,1-5H3;1-2H3. The highest BCUT2D eigenvalue weighted by Crippen LogP contribution is 2.41. The van der Waals surface area contributed by atoms with Crippen LogP contribution < -0.4 is 4.74 Å². The van der Waals surface area contributed by atoms with E-state index < -0.39 is 17.0 Å². The topological polar surface area (TPSA) is 102 Å². The molecule has 0 amide bonds. The Hall–Kier alpha value is -3.58. The van der Waals surface area contributed by atoms with Crippen molar-refractivity contribution in [1.29, 1.82) is 0 Å². The maximum absolute atomic E-state index is 15.6. The molecular formula is C41H51BrF2N4O4S. The van der Waals surface area contributed by atoms with Crippen molar-refractivity contribution < 1.29 is 28.2 Å².